The lowest BCUT2D eigenvalue weighted by atomic mass is 9.96. The fraction of sp³-hybridized carbons (Fsp3) is 0.350. The van der Waals surface area contributed by atoms with Gasteiger partial charge >= 0.3 is 0 Å². The zero-order chi connectivity index (χ0) is 20.1. The van der Waals surface area contributed by atoms with Crippen molar-refractivity contribution >= 4 is 33.2 Å². The number of amides is 1. The molecular formula is C20H24ClN3O3S. The fourth-order valence-electron chi connectivity index (χ4n) is 3.35. The number of anilines is 1. The molecule has 2 N–H and O–H groups in total. The molecule has 1 aliphatic rings. The van der Waals surface area contributed by atoms with Crippen LogP contribution in [-0.4, -0.2) is 31.7 Å². The van der Waals surface area contributed by atoms with Gasteiger partial charge in [-0.05, 0) is 55.3 Å². The van der Waals surface area contributed by atoms with Crippen LogP contribution in [0.3, 0.4) is 0 Å². The summed E-state index contributed by atoms with van der Waals surface area (Å²) in [5.74, 6) is -0.371. The summed E-state index contributed by atoms with van der Waals surface area (Å²) in [6.07, 6.45) is 5.07. The lowest BCUT2D eigenvalue weighted by Gasteiger charge is -2.30. The molecule has 0 spiro atoms. The van der Waals surface area contributed by atoms with E-state index in [1.165, 1.54) is 28.6 Å². The number of benzene rings is 2. The SMILES string of the molecule is CN(C1CCCCC1)S(=O)(=O)c1ccc(C(=O)NNc2cccc(Cl)c2)cc1. The molecule has 0 aromatic heterocycles. The van der Waals surface area contributed by atoms with Crippen molar-refractivity contribution in [3.63, 3.8) is 0 Å². The summed E-state index contributed by atoms with van der Waals surface area (Å²) >= 11 is 5.91. The molecule has 3 rings (SSSR count). The first-order chi connectivity index (χ1) is 13.4. The molecule has 0 radical (unpaired) electrons. The van der Waals surface area contributed by atoms with Gasteiger partial charge in [-0.25, -0.2) is 8.42 Å². The van der Waals surface area contributed by atoms with Gasteiger partial charge in [0, 0.05) is 23.7 Å². The average molecular weight is 422 g/mol. The zero-order valence-electron chi connectivity index (χ0n) is 15.7. The maximum atomic E-state index is 12.9. The highest BCUT2D eigenvalue weighted by Gasteiger charge is 2.29. The number of carbonyl (C=O) groups is 1. The minimum Gasteiger partial charge on any atom is -0.298 e. The summed E-state index contributed by atoms with van der Waals surface area (Å²) in [7, 11) is -1.93. The molecule has 1 amide bonds. The Hall–Kier alpha value is -2.09. The quantitative estimate of drug-likeness (QED) is 0.689. The van der Waals surface area contributed by atoms with Crippen LogP contribution >= 0.6 is 11.6 Å². The monoisotopic (exact) mass is 421 g/mol. The van der Waals surface area contributed by atoms with E-state index in [1.54, 1.807) is 31.3 Å². The van der Waals surface area contributed by atoms with Crippen molar-refractivity contribution in [3.8, 4) is 0 Å². The first kappa shape index (κ1) is 20.6. The van der Waals surface area contributed by atoms with Gasteiger partial charge in [-0.1, -0.05) is 36.9 Å². The van der Waals surface area contributed by atoms with Crippen LogP contribution in [0.5, 0.6) is 0 Å². The summed E-state index contributed by atoms with van der Waals surface area (Å²) in [5.41, 5.74) is 6.35. The van der Waals surface area contributed by atoms with Crippen LogP contribution in [0.1, 0.15) is 42.5 Å². The summed E-state index contributed by atoms with van der Waals surface area (Å²) in [5, 5.41) is 0.552. The van der Waals surface area contributed by atoms with Crippen LogP contribution in [0.15, 0.2) is 53.4 Å². The Morgan fingerprint density at radius 1 is 1.07 bits per heavy atom. The molecule has 0 aliphatic heterocycles. The molecule has 8 heteroatoms. The highest BCUT2D eigenvalue weighted by Crippen LogP contribution is 2.26. The Bertz CT molecular complexity index is 926. The van der Waals surface area contributed by atoms with Gasteiger partial charge in [-0.15, -0.1) is 0 Å². The second-order valence-electron chi connectivity index (χ2n) is 6.93. The highest BCUT2D eigenvalue weighted by atomic mass is 35.5. The molecule has 2 aromatic rings. The van der Waals surface area contributed by atoms with Gasteiger partial charge in [-0.2, -0.15) is 4.31 Å². The van der Waals surface area contributed by atoms with E-state index in [0.29, 0.717) is 16.3 Å². The van der Waals surface area contributed by atoms with Crippen LogP contribution in [0.4, 0.5) is 5.69 Å². The second kappa shape index (κ2) is 8.94. The highest BCUT2D eigenvalue weighted by molar-refractivity contribution is 7.89. The van der Waals surface area contributed by atoms with Crippen molar-refractivity contribution < 1.29 is 13.2 Å². The largest absolute Gasteiger partial charge is 0.298 e. The van der Waals surface area contributed by atoms with Crippen LogP contribution in [0.25, 0.3) is 0 Å². The molecule has 0 unspecified atom stereocenters. The van der Waals surface area contributed by atoms with Gasteiger partial charge < -0.3 is 0 Å². The lowest BCUT2D eigenvalue weighted by Crippen LogP contribution is -2.38. The standard InChI is InChI=1S/C20H24ClN3O3S/c1-24(18-8-3-2-4-9-18)28(26,27)19-12-10-15(11-13-19)20(25)23-22-17-7-5-6-16(21)14-17/h5-7,10-14,18,22H,2-4,8-9H2,1H3,(H,23,25). The minimum absolute atomic E-state index is 0.0450. The number of halogens is 1. The van der Waals surface area contributed by atoms with Crippen molar-refractivity contribution in [2.24, 2.45) is 0 Å². The van der Waals surface area contributed by atoms with Crippen molar-refractivity contribution in [2.45, 2.75) is 43.0 Å². The molecule has 2 aromatic carbocycles. The molecule has 1 saturated carbocycles. The Balaban J connectivity index is 1.65. The van der Waals surface area contributed by atoms with Crippen molar-refractivity contribution in [2.75, 3.05) is 12.5 Å². The fourth-order valence-corrected chi connectivity index (χ4v) is 4.96. The number of hydrazine groups is 1. The molecule has 0 saturated heterocycles. The van der Waals surface area contributed by atoms with Crippen molar-refractivity contribution in [1.29, 1.82) is 0 Å². The molecular weight excluding hydrogens is 398 g/mol. The first-order valence-electron chi connectivity index (χ1n) is 9.28. The second-order valence-corrected chi connectivity index (χ2v) is 9.36. The number of carbonyl (C=O) groups excluding carboxylic acids is 1. The Morgan fingerprint density at radius 3 is 2.39 bits per heavy atom. The average Bonchev–Trinajstić information content (AvgIpc) is 2.72. The smallest absolute Gasteiger partial charge is 0.269 e. The maximum Gasteiger partial charge on any atom is 0.269 e. The van der Waals surface area contributed by atoms with Crippen molar-refractivity contribution in [3.05, 3.63) is 59.1 Å². The predicted molar refractivity (Wildman–Crippen MR) is 111 cm³/mol. The molecule has 0 heterocycles. The van der Waals surface area contributed by atoms with Crippen LogP contribution in [0.2, 0.25) is 5.02 Å². The van der Waals surface area contributed by atoms with Crippen LogP contribution in [0, 0.1) is 0 Å². The summed E-state index contributed by atoms with van der Waals surface area (Å²) in [4.78, 5) is 12.5. The number of hydrogen-bond acceptors (Lipinski definition) is 4. The van der Waals surface area contributed by atoms with E-state index in [-0.39, 0.29) is 16.8 Å². The number of hydrogen-bond donors (Lipinski definition) is 2. The molecule has 1 aliphatic carbocycles. The Labute approximate surface area is 170 Å². The van der Waals surface area contributed by atoms with Gasteiger partial charge in [0.2, 0.25) is 10.0 Å². The molecule has 6 nitrogen and oxygen atoms in total. The van der Waals surface area contributed by atoms with Crippen LogP contribution < -0.4 is 10.9 Å². The molecule has 0 atom stereocenters. The molecule has 150 valence electrons. The minimum atomic E-state index is -3.57. The van der Waals surface area contributed by atoms with E-state index in [0.717, 1.165) is 32.1 Å². The van der Waals surface area contributed by atoms with E-state index in [4.69, 9.17) is 11.6 Å². The van der Waals surface area contributed by atoms with E-state index in [2.05, 4.69) is 10.9 Å². The lowest BCUT2D eigenvalue weighted by molar-refractivity contribution is 0.0962. The molecule has 28 heavy (non-hydrogen) atoms. The maximum absolute atomic E-state index is 12.9. The summed E-state index contributed by atoms with van der Waals surface area (Å²) in [6.45, 7) is 0. The number of nitrogens with zero attached hydrogens (tertiary/aromatic N) is 1. The van der Waals surface area contributed by atoms with E-state index in [9.17, 15) is 13.2 Å². The number of sulfonamides is 1. The van der Waals surface area contributed by atoms with Gasteiger partial charge in [0.05, 0.1) is 10.6 Å². The molecule has 1 fully saturated rings. The van der Waals surface area contributed by atoms with Crippen LogP contribution in [-0.2, 0) is 10.0 Å². The Kier molecular flexibility index (Phi) is 6.59. The van der Waals surface area contributed by atoms with E-state index < -0.39 is 10.0 Å². The van der Waals surface area contributed by atoms with Gasteiger partial charge in [0.15, 0.2) is 0 Å². The third kappa shape index (κ3) is 4.84. The normalized spacial score (nSPS) is 15.4. The topological polar surface area (TPSA) is 78.5 Å². The van der Waals surface area contributed by atoms with Gasteiger partial charge in [-0.3, -0.25) is 15.6 Å². The first-order valence-corrected chi connectivity index (χ1v) is 11.1. The predicted octanol–water partition coefficient (Wildman–Crippen LogP) is 4.05. The third-order valence-electron chi connectivity index (χ3n) is 5.03. The third-order valence-corrected chi connectivity index (χ3v) is 7.19. The van der Waals surface area contributed by atoms with E-state index >= 15 is 0 Å². The Morgan fingerprint density at radius 2 is 1.75 bits per heavy atom. The molecule has 0 bridgehead atoms. The summed E-state index contributed by atoms with van der Waals surface area (Å²) < 4.78 is 27.2. The van der Waals surface area contributed by atoms with E-state index in [1.807, 2.05) is 0 Å². The van der Waals surface area contributed by atoms with Gasteiger partial charge in [0.1, 0.15) is 0 Å². The zero-order valence-corrected chi connectivity index (χ0v) is 17.3. The van der Waals surface area contributed by atoms with Crippen molar-refractivity contribution in [1.82, 2.24) is 9.73 Å². The number of rotatable bonds is 6. The number of nitrogens with one attached hydrogen (secondary N) is 2. The van der Waals surface area contributed by atoms with Gasteiger partial charge in [0.25, 0.3) is 5.91 Å². The summed E-state index contributed by atoms with van der Waals surface area (Å²) in [6, 6.07) is 13.0.